The minimum Gasteiger partial charge on any atom is -0.299 e. The highest BCUT2D eigenvalue weighted by Gasteiger charge is 2.36. The number of thioether (sulfide) groups is 1. The number of carbonyl (C=O) groups is 3. The number of anilines is 1. The van der Waals surface area contributed by atoms with Gasteiger partial charge in [0.05, 0.1) is 11.1 Å². The number of rotatable bonds is 6. The van der Waals surface area contributed by atoms with E-state index >= 15 is 0 Å². The number of amides is 3. The standard InChI is InChI=1S/C19H12Cl2N4O3S2/c20-13-6-3-7-14(21)12(13)9-29-19-24-23-18(30-19)22-15(26)8-25-16(27)10-4-1-2-5-11(10)17(25)28/h1-7H,8-9H2,(H,22,23,26). The summed E-state index contributed by atoms with van der Waals surface area (Å²) in [6, 6.07) is 11.8. The molecule has 30 heavy (non-hydrogen) atoms. The normalized spacial score (nSPS) is 12.9. The SMILES string of the molecule is O=C(CN1C(=O)c2ccccc2C1=O)Nc1nnc(SCc2c(Cl)cccc2Cl)s1. The van der Waals surface area contributed by atoms with Gasteiger partial charge >= 0.3 is 0 Å². The predicted octanol–water partition coefficient (Wildman–Crippen LogP) is 4.37. The molecule has 0 aliphatic carbocycles. The molecule has 11 heteroatoms. The molecule has 7 nitrogen and oxygen atoms in total. The van der Waals surface area contributed by atoms with Gasteiger partial charge in [0.2, 0.25) is 11.0 Å². The number of hydrogen-bond acceptors (Lipinski definition) is 7. The molecule has 1 aromatic heterocycles. The molecular formula is C19H12Cl2N4O3S2. The lowest BCUT2D eigenvalue weighted by Gasteiger charge is -2.12. The van der Waals surface area contributed by atoms with E-state index in [1.165, 1.54) is 23.1 Å². The average molecular weight is 479 g/mol. The number of hydrogen-bond donors (Lipinski definition) is 1. The molecule has 0 spiro atoms. The van der Waals surface area contributed by atoms with E-state index < -0.39 is 24.3 Å². The van der Waals surface area contributed by atoms with Crippen LogP contribution >= 0.6 is 46.3 Å². The second-order valence-corrected chi connectivity index (χ2v) is 9.17. The molecule has 0 radical (unpaired) electrons. The lowest BCUT2D eigenvalue weighted by atomic mass is 10.1. The van der Waals surface area contributed by atoms with Crippen molar-refractivity contribution in [2.75, 3.05) is 11.9 Å². The molecule has 1 aliphatic rings. The third-order valence-corrected chi connectivity index (χ3v) is 6.94. The molecule has 0 bridgehead atoms. The molecule has 0 unspecified atom stereocenters. The summed E-state index contributed by atoms with van der Waals surface area (Å²) < 4.78 is 0.613. The second kappa shape index (κ2) is 8.73. The number of carbonyl (C=O) groups excluding carboxylic acids is 3. The van der Waals surface area contributed by atoms with Crippen LogP contribution in [0.15, 0.2) is 46.8 Å². The molecule has 2 aromatic carbocycles. The fourth-order valence-corrected chi connectivity index (χ4v) is 5.32. The third kappa shape index (κ3) is 4.20. The van der Waals surface area contributed by atoms with Crippen molar-refractivity contribution in [1.29, 1.82) is 0 Å². The molecule has 3 aromatic rings. The Hall–Kier alpha value is -2.46. The van der Waals surface area contributed by atoms with Crippen molar-refractivity contribution in [2.24, 2.45) is 0 Å². The molecule has 0 saturated heterocycles. The van der Waals surface area contributed by atoms with E-state index in [0.29, 0.717) is 31.3 Å². The van der Waals surface area contributed by atoms with Crippen LogP contribution < -0.4 is 5.32 Å². The number of nitrogens with one attached hydrogen (secondary N) is 1. The third-order valence-electron chi connectivity index (χ3n) is 4.23. The number of halogens is 2. The highest BCUT2D eigenvalue weighted by atomic mass is 35.5. The van der Waals surface area contributed by atoms with Gasteiger partial charge in [-0.25, -0.2) is 0 Å². The van der Waals surface area contributed by atoms with Gasteiger partial charge in [0.1, 0.15) is 6.54 Å². The van der Waals surface area contributed by atoms with Crippen molar-refractivity contribution in [3.63, 3.8) is 0 Å². The Balaban J connectivity index is 1.36. The van der Waals surface area contributed by atoms with Crippen molar-refractivity contribution in [2.45, 2.75) is 10.1 Å². The smallest absolute Gasteiger partial charge is 0.262 e. The maximum Gasteiger partial charge on any atom is 0.262 e. The summed E-state index contributed by atoms with van der Waals surface area (Å²) >= 11 is 14.9. The largest absolute Gasteiger partial charge is 0.299 e. The minimum absolute atomic E-state index is 0.268. The zero-order valence-corrected chi connectivity index (χ0v) is 18.2. The quantitative estimate of drug-likeness (QED) is 0.321. The van der Waals surface area contributed by atoms with Crippen LogP contribution in [-0.4, -0.2) is 39.4 Å². The van der Waals surface area contributed by atoms with E-state index in [4.69, 9.17) is 23.2 Å². The average Bonchev–Trinajstić information content (AvgIpc) is 3.26. The molecule has 1 aliphatic heterocycles. The molecule has 3 amide bonds. The summed E-state index contributed by atoms with van der Waals surface area (Å²) in [4.78, 5) is 37.9. The second-order valence-electron chi connectivity index (χ2n) is 6.15. The molecular weight excluding hydrogens is 467 g/mol. The van der Waals surface area contributed by atoms with Crippen LogP contribution in [-0.2, 0) is 10.5 Å². The molecule has 4 rings (SSSR count). The van der Waals surface area contributed by atoms with Crippen molar-refractivity contribution in [3.05, 3.63) is 69.2 Å². The molecule has 1 N–H and O–H groups in total. The lowest BCUT2D eigenvalue weighted by molar-refractivity contribution is -0.116. The highest BCUT2D eigenvalue weighted by molar-refractivity contribution is 8.00. The van der Waals surface area contributed by atoms with Crippen molar-refractivity contribution in [1.82, 2.24) is 15.1 Å². The van der Waals surface area contributed by atoms with Gasteiger partial charge in [0, 0.05) is 15.8 Å². The van der Waals surface area contributed by atoms with E-state index in [9.17, 15) is 14.4 Å². The van der Waals surface area contributed by atoms with Gasteiger partial charge in [-0.15, -0.1) is 10.2 Å². The Morgan fingerprint density at radius 3 is 2.27 bits per heavy atom. The van der Waals surface area contributed by atoms with Crippen molar-refractivity contribution >= 4 is 69.2 Å². The van der Waals surface area contributed by atoms with E-state index in [2.05, 4.69) is 15.5 Å². The van der Waals surface area contributed by atoms with Gasteiger partial charge in [-0.2, -0.15) is 0 Å². The molecule has 0 saturated carbocycles. The first-order valence-electron chi connectivity index (χ1n) is 8.58. The Morgan fingerprint density at radius 1 is 1.00 bits per heavy atom. The monoisotopic (exact) mass is 478 g/mol. The first-order valence-corrected chi connectivity index (χ1v) is 11.1. The van der Waals surface area contributed by atoms with Gasteiger partial charge < -0.3 is 0 Å². The van der Waals surface area contributed by atoms with Gasteiger partial charge in [0.25, 0.3) is 11.8 Å². The van der Waals surface area contributed by atoms with Gasteiger partial charge in [-0.05, 0) is 29.8 Å². The van der Waals surface area contributed by atoms with Crippen LogP contribution in [0, 0.1) is 0 Å². The van der Waals surface area contributed by atoms with E-state index in [1.807, 2.05) is 0 Å². The molecule has 2 heterocycles. The molecule has 0 fully saturated rings. The van der Waals surface area contributed by atoms with E-state index in [-0.39, 0.29) is 5.13 Å². The minimum atomic E-state index is -0.536. The van der Waals surface area contributed by atoms with Crippen molar-refractivity contribution in [3.8, 4) is 0 Å². The number of benzene rings is 2. The molecule has 152 valence electrons. The number of nitrogens with zero attached hydrogens (tertiary/aromatic N) is 3. The Labute approximate surface area is 189 Å². The summed E-state index contributed by atoms with van der Waals surface area (Å²) in [6.07, 6.45) is 0. The number of imide groups is 1. The summed E-state index contributed by atoms with van der Waals surface area (Å²) in [7, 11) is 0. The summed E-state index contributed by atoms with van der Waals surface area (Å²) in [5.41, 5.74) is 1.38. The number of aromatic nitrogens is 2. The maximum absolute atomic E-state index is 12.3. The zero-order chi connectivity index (χ0) is 21.3. The summed E-state index contributed by atoms with van der Waals surface area (Å²) in [5.74, 6) is -1.02. The van der Waals surface area contributed by atoms with E-state index in [1.54, 1.807) is 42.5 Å². The maximum atomic E-state index is 12.3. The van der Waals surface area contributed by atoms with Crippen LogP contribution in [0.3, 0.4) is 0 Å². The first-order chi connectivity index (χ1) is 14.4. The van der Waals surface area contributed by atoms with Crippen LogP contribution in [0.4, 0.5) is 5.13 Å². The topological polar surface area (TPSA) is 92.3 Å². The van der Waals surface area contributed by atoms with Crippen LogP contribution in [0.5, 0.6) is 0 Å². The van der Waals surface area contributed by atoms with Crippen LogP contribution in [0.1, 0.15) is 26.3 Å². The van der Waals surface area contributed by atoms with Gasteiger partial charge in [0.15, 0.2) is 4.34 Å². The van der Waals surface area contributed by atoms with E-state index in [0.717, 1.165) is 10.5 Å². The van der Waals surface area contributed by atoms with Gasteiger partial charge in [-0.3, -0.25) is 24.6 Å². The summed E-state index contributed by atoms with van der Waals surface area (Å²) in [5, 5.41) is 11.9. The van der Waals surface area contributed by atoms with Gasteiger partial charge in [-0.1, -0.05) is 64.5 Å². The first kappa shape index (κ1) is 20.8. The highest BCUT2D eigenvalue weighted by Crippen LogP contribution is 2.33. The fourth-order valence-electron chi connectivity index (χ4n) is 2.81. The van der Waals surface area contributed by atoms with Crippen LogP contribution in [0.25, 0.3) is 0 Å². The molecule has 0 atom stereocenters. The zero-order valence-electron chi connectivity index (χ0n) is 15.1. The van der Waals surface area contributed by atoms with Crippen LogP contribution in [0.2, 0.25) is 10.0 Å². The predicted molar refractivity (Wildman–Crippen MR) is 116 cm³/mol. The fraction of sp³-hybridized carbons (Fsp3) is 0.105. The van der Waals surface area contributed by atoms with Crippen molar-refractivity contribution < 1.29 is 14.4 Å². The number of fused-ring (bicyclic) bond motifs is 1. The Kier molecular flexibility index (Phi) is 6.05. The lowest BCUT2D eigenvalue weighted by Crippen LogP contribution is -2.37. The summed E-state index contributed by atoms with van der Waals surface area (Å²) in [6.45, 7) is -0.399. The Morgan fingerprint density at radius 2 is 1.63 bits per heavy atom. The Bertz CT molecular complexity index is 1110.